The number of alkyl halides is 1. The Kier molecular flexibility index (Phi) is 5.05. The van der Waals surface area contributed by atoms with Crippen LogP contribution in [0.3, 0.4) is 0 Å². The Labute approximate surface area is 119 Å². The Balaban J connectivity index is 1.96. The van der Waals surface area contributed by atoms with Crippen LogP contribution < -0.4 is 4.74 Å². The summed E-state index contributed by atoms with van der Waals surface area (Å²) in [6.45, 7) is 2.61. The molecule has 0 saturated carbocycles. The molecule has 0 spiro atoms. The molecule has 0 atom stereocenters. The molecule has 0 aliphatic heterocycles. The van der Waals surface area contributed by atoms with Gasteiger partial charge in [-0.25, -0.2) is 0 Å². The summed E-state index contributed by atoms with van der Waals surface area (Å²) in [5.41, 5.74) is 3.47. The summed E-state index contributed by atoms with van der Waals surface area (Å²) < 4.78 is 5.73. The van der Waals surface area contributed by atoms with Gasteiger partial charge in [-0.05, 0) is 30.2 Å². The van der Waals surface area contributed by atoms with Gasteiger partial charge in [-0.15, -0.1) is 11.6 Å². The summed E-state index contributed by atoms with van der Waals surface area (Å²) in [5, 5.41) is 0. The molecule has 19 heavy (non-hydrogen) atoms. The number of allylic oxidation sites excluding steroid dienone is 1. The summed E-state index contributed by atoms with van der Waals surface area (Å²) in [6, 6.07) is 18.2. The Morgan fingerprint density at radius 3 is 2.37 bits per heavy atom. The van der Waals surface area contributed by atoms with Gasteiger partial charge < -0.3 is 4.74 Å². The maximum absolute atomic E-state index is 5.76. The molecule has 0 N–H and O–H groups in total. The van der Waals surface area contributed by atoms with E-state index in [0.29, 0.717) is 12.5 Å². The molecule has 2 rings (SSSR count). The van der Waals surface area contributed by atoms with E-state index in [1.54, 1.807) is 0 Å². The maximum Gasteiger partial charge on any atom is 0.119 e. The van der Waals surface area contributed by atoms with Crippen molar-refractivity contribution in [1.82, 2.24) is 0 Å². The van der Waals surface area contributed by atoms with Crippen molar-refractivity contribution >= 4 is 17.7 Å². The highest BCUT2D eigenvalue weighted by atomic mass is 35.5. The molecule has 0 bridgehead atoms. The van der Waals surface area contributed by atoms with Crippen molar-refractivity contribution in [2.45, 2.75) is 13.5 Å². The number of benzene rings is 2. The summed E-state index contributed by atoms with van der Waals surface area (Å²) in [7, 11) is 0. The molecular formula is C17H17ClO. The number of hydrogen-bond donors (Lipinski definition) is 0. The Bertz CT molecular complexity index is 529. The minimum Gasteiger partial charge on any atom is -0.489 e. The smallest absolute Gasteiger partial charge is 0.119 e. The topological polar surface area (TPSA) is 9.23 Å². The summed E-state index contributed by atoms with van der Waals surface area (Å²) in [5.74, 6) is 1.44. The van der Waals surface area contributed by atoms with Crippen LogP contribution in [-0.4, -0.2) is 5.88 Å². The molecule has 0 aromatic heterocycles. The van der Waals surface area contributed by atoms with E-state index in [1.165, 1.54) is 5.56 Å². The first kappa shape index (κ1) is 13.7. The van der Waals surface area contributed by atoms with Gasteiger partial charge in [0, 0.05) is 5.88 Å². The van der Waals surface area contributed by atoms with Gasteiger partial charge in [0.2, 0.25) is 0 Å². The first-order chi connectivity index (χ1) is 9.28. The fourth-order valence-electron chi connectivity index (χ4n) is 1.72. The van der Waals surface area contributed by atoms with Crippen LogP contribution in [0.15, 0.2) is 60.2 Å². The number of ether oxygens (including phenoxy) is 1. The minimum absolute atomic E-state index is 0.562. The lowest BCUT2D eigenvalue weighted by Crippen LogP contribution is -1.94. The quantitative estimate of drug-likeness (QED) is 0.703. The lowest BCUT2D eigenvalue weighted by molar-refractivity contribution is 0.306. The fourth-order valence-corrected chi connectivity index (χ4v) is 1.80. The van der Waals surface area contributed by atoms with Crippen molar-refractivity contribution in [1.29, 1.82) is 0 Å². The highest BCUT2D eigenvalue weighted by Gasteiger charge is 1.96. The van der Waals surface area contributed by atoms with Gasteiger partial charge in [-0.2, -0.15) is 0 Å². The largest absolute Gasteiger partial charge is 0.489 e. The average molecular weight is 273 g/mol. The van der Waals surface area contributed by atoms with Crippen molar-refractivity contribution in [3.8, 4) is 5.75 Å². The first-order valence-corrected chi connectivity index (χ1v) is 6.81. The van der Waals surface area contributed by atoms with Crippen LogP contribution >= 0.6 is 11.6 Å². The standard InChI is InChI=1S/C17H17ClO/c1-14(12-18)11-15-7-9-17(10-8-15)19-13-16-5-3-2-4-6-16/h2-11H,12-13H2,1H3. The molecule has 0 aliphatic rings. The second-order valence-electron chi connectivity index (χ2n) is 4.47. The van der Waals surface area contributed by atoms with Crippen molar-refractivity contribution in [3.05, 3.63) is 71.3 Å². The molecule has 2 aromatic rings. The molecule has 2 heteroatoms. The van der Waals surface area contributed by atoms with Crippen molar-refractivity contribution in [3.63, 3.8) is 0 Å². The molecule has 0 fully saturated rings. The van der Waals surface area contributed by atoms with Crippen molar-refractivity contribution in [2.24, 2.45) is 0 Å². The van der Waals surface area contributed by atoms with Gasteiger partial charge in [0.05, 0.1) is 0 Å². The molecule has 1 nitrogen and oxygen atoms in total. The van der Waals surface area contributed by atoms with Crippen LogP contribution in [0.5, 0.6) is 5.75 Å². The van der Waals surface area contributed by atoms with E-state index in [9.17, 15) is 0 Å². The molecule has 0 amide bonds. The Hall–Kier alpha value is -1.73. The van der Waals surface area contributed by atoms with E-state index in [-0.39, 0.29) is 0 Å². The molecule has 98 valence electrons. The minimum atomic E-state index is 0.562. The SMILES string of the molecule is CC(=Cc1ccc(OCc2ccccc2)cc1)CCl. The average Bonchev–Trinajstić information content (AvgIpc) is 2.47. The highest BCUT2D eigenvalue weighted by Crippen LogP contribution is 2.16. The van der Waals surface area contributed by atoms with Crippen LogP contribution in [0.1, 0.15) is 18.1 Å². The van der Waals surface area contributed by atoms with Gasteiger partial charge in [-0.3, -0.25) is 0 Å². The van der Waals surface area contributed by atoms with Crippen LogP contribution in [0.2, 0.25) is 0 Å². The first-order valence-electron chi connectivity index (χ1n) is 6.28. The van der Waals surface area contributed by atoms with E-state index < -0.39 is 0 Å². The predicted octanol–water partition coefficient (Wildman–Crippen LogP) is 4.91. The second kappa shape index (κ2) is 7.01. The highest BCUT2D eigenvalue weighted by molar-refractivity contribution is 6.19. The zero-order valence-corrected chi connectivity index (χ0v) is 11.7. The number of hydrogen-bond acceptors (Lipinski definition) is 1. The molecule has 0 unspecified atom stereocenters. The third-order valence-corrected chi connectivity index (χ3v) is 3.17. The molecule has 2 aromatic carbocycles. The molecule has 0 aliphatic carbocycles. The van der Waals surface area contributed by atoms with Crippen LogP contribution in [-0.2, 0) is 6.61 Å². The van der Waals surface area contributed by atoms with Gasteiger partial charge in [0.15, 0.2) is 0 Å². The lowest BCUT2D eigenvalue weighted by Gasteiger charge is -2.06. The zero-order valence-electron chi connectivity index (χ0n) is 11.0. The normalized spacial score (nSPS) is 11.4. The zero-order chi connectivity index (χ0) is 13.5. The summed E-state index contributed by atoms with van der Waals surface area (Å²) >= 11 is 5.76. The Morgan fingerprint density at radius 2 is 1.74 bits per heavy atom. The van der Waals surface area contributed by atoms with Crippen LogP contribution in [0.25, 0.3) is 6.08 Å². The lowest BCUT2D eigenvalue weighted by atomic mass is 10.1. The number of halogens is 1. The van der Waals surface area contributed by atoms with Gasteiger partial charge in [0.1, 0.15) is 12.4 Å². The van der Waals surface area contributed by atoms with E-state index >= 15 is 0 Å². The molecule has 0 radical (unpaired) electrons. The molecule has 0 heterocycles. The maximum atomic E-state index is 5.76. The number of rotatable bonds is 5. The molecule has 0 saturated heterocycles. The van der Waals surface area contributed by atoms with E-state index in [1.807, 2.05) is 49.4 Å². The second-order valence-corrected chi connectivity index (χ2v) is 4.73. The third kappa shape index (κ3) is 4.46. The Morgan fingerprint density at radius 1 is 1.05 bits per heavy atom. The van der Waals surface area contributed by atoms with Crippen LogP contribution in [0.4, 0.5) is 0 Å². The summed E-state index contributed by atoms with van der Waals surface area (Å²) in [6.07, 6.45) is 2.08. The van der Waals surface area contributed by atoms with Gasteiger partial charge >= 0.3 is 0 Å². The third-order valence-electron chi connectivity index (χ3n) is 2.75. The van der Waals surface area contributed by atoms with Gasteiger partial charge in [-0.1, -0.05) is 54.1 Å². The fraction of sp³-hybridized carbons (Fsp3) is 0.176. The predicted molar refractivity (Wildman–Crippen MR) is 81.6 cm³/mol. The monoisotopic (exact) mass is 272 g/mol. The summed E-state index contributed by atoms with van der Waals surface area (Å²) in [4.78, 5) is 0. The van der Waals surface area contributed by atoms with Crippen molar-refractivity contribution < 1.29 is 4.74 Å². The van der Waals surface area contributed by atoms with E-state index in [0.717, 1.165) is 16.9 Å². The van der Waals surface area contributed by atoms with Crippen molar-refractivity contribution in [2.75, 3.05) is 5.88 Å². The van der Waals surface area contributed by atoms with E-state index in [2.05, 4.69) is 18.2 Å². The van der Waals surface area contributed by atoms with Crippen LogP contribution in [0, 0.1) is 0 Å². The van der Waals surface area contributed by atoms with E-state index in [4.69, 9.17) is 16.3 Å². The van der Waals surface area contributed by atoms with Gasteiger partial charge in [0.25, 0.3) is 0 Å². The molecular weight excluding hydrogens is 256 g/mol.